The van der Waals surface area contributed by atoms with Gasteiger partial charge in [-0.1, -0.05) is 30.3 Å². The summed E-state index contributed by atoms with van der Waals surface area (Å²) in [5.74, 6) is 0.770. The fourth-order valence-electron chi connectivity index (χ4n) is 3.69. The van der Waals surface area contributed by atoms with E-state index in [0.717, 1.165) is 22.2 Å². The van der Waals surface area contributed by atoms with Crippen LogP contribution in [0.1, 0.15) is 23.7 Å². The highest BCUT2D eigenvalue weighted by atomic mass is 16.5. The Labute approximate surface area is 169 Å². The van der Waals surface area contributed by atoms with Crippen LogP contribution in [0.4, 0.5) is 0 Å². The number of aryl methyl sites for hydroxylation is 1. The number of benzene rings is 2. The van der Waals surface area contributed by atoms with Crippen LogP contribution in [0.2, 0.25) is 0 Å². The molecule has 3 aromatic rings. The number of pyridine rings is 1. The third-order valence-electron chi connectivity index (χ3n) is 5.33. The summed E-state index contributed by atoms with van der Waals surface area (Å²) in [6.45, 7) is 1.63. The van der Waals surface area contributed by atoms with E-state index in [9.17, 15) is 9.59 Å². The van der Waals surface area contributed by atoms with Gasteiger partial charge in [0.2, 0.25) is 5.91 Å². The molecule has 29 heavy (non-hydrogen) atoms. The fourth-order valence-corrected chi connectivity index (χ4v) is 3.69. The van der Waals surface area contributed by atoms with E-state index in [2.05, 4.69) is 4.98 Å². The molecule has 1 aliphatic rings. The Morgan fingerprint density at radius 3 is 2.83 bits per heavy atom. The minimum atomic E-state index is -0.153. The lowest BCUT2D eigenvalue weighted by atomic mass is 10.1. The molecule has 1 fully saturated rings. The van der Waals surface area contributed by atoms with Gasteiger partial charge in [0.15, 0.2) is 0 Å². The molecule has 1 atom stereocenters. The highest BCUT2D eigenvalue weighted by Crippen LogP contribution is 2.23. The first-order valence-corrected chi connectivity index (χ1v) is 9.78. The Hall–Kier alpha value is -3.12. The molecule has 1 aliphatic heterocycles. The number of carbonyl (C=O) groups excluding carboxylic acids is 1. The standard InChI is InChI=1S/C23H24N2O4/c1-28-19-8-9-20-18(14-19)13-17(23(27)24-20)7-10-22(26)25-11-12-29-21(15-25)16-5-3-2-4-6-16/h2-6,8-9,13-14,21H,7,10-12,15H2,1H3,(H,24,27). The number of methoxy groups -OCH3 is 1. The van der Waals surface area contributed by atoms with E-state index in [1.807, 2.05) is 59.5 Å². The molecule has 0 bridgehead atoms. The number of ether oxygens (including phenoxy) is 2. The zero-order chi connectivity index (χ0) is 20.2. The van der Waals surface area contributed by atoms with Crippen molar-refractivity contribution >= 4 is 16.8 Å². The van der Waals surface area contributed by atoms with Crippen molar-refractivity contribution in [1.82, 2.24) is 9.88 Å². The quantitative estimate of drug-likeness (QED) is 0.724. The summed E-state index contributed by atoms with van der Waals surface area (Å²) in [7, 11) is 1.61. The van der Waals surface area contributed by atoms with Gasteiger partial charge in [0.05, 0.1) is 20.3 Å². The Balaban J connectivity index is 1.44. The molecular formula is C23H24N2O4. The summed E-state index contributed by atoms with van der Waals surface area (Å²) in [6.07, 6.45) is 0.583. The van der Waals surface area contributed by atoms with Crippen molar-refractivity contribution in [2.45, 2.75) is 18.9 Å². The number of nitrogens with zero attached hydrogens (tertiary/aromatic N) is 1. The molecule has 1 unspecified atom stereocenters. The summed E-state index contributed by atoms with van der Waals surface area (Å²) in [5, 5.41) is 0.891. The van der Waals surface area contributed by atoms with E-state index in [1.54, 1.807) is 7.11 Å². The van der Waals surface area contributed by atoms with E-state index in [-0.39, 0.29) is 17.6 Å². The van der Waals surface area contributed by atoms with Gasteiger partial charge in [-0.2, -0.15) is 0 Å². The normalized spacial score (nSPS) is 16.7. The zero-order valence-corrected chi connectivity index (χ0v) is 16.4. The molecule has 0 aliphatic carbocycles. The Bertz CT molecular complexity index is 1060. The molecule has 0 radical (unpaired) electrons. The van der Waals surface area contributed by atoms with Crippen LogP contribution in [0.25, 0.3) is 10.9 Å². The lowest BCUT2D eigenvalue weighted by Gasteiger charge is -2.33. The van der Waals surface area contributed by atoms with Crippen LogP contribution in [0.15, 0.2) is 59.4 Å². The average molecular weight is 392 g/mol. The fraction of sp³-hybridized carbons (Fsp3) is 0.304. The highest BCUT2D eigenvalue weighted by molar-refractivity contribution is 5.81. The average Bonchev–Trinajstić information content (AvgIpc) is 2.78. The predicted molar refractivity (Wildman–Crippen MR) is 111 cm³/mol. The van der Waals surface area contributed by atoms with Crippen molar-refractivity contribution in [3.8, 4) is 5.75 Å². The number of amides is 1. The number of morpholine rings is 1. The lowest BCUT2D eigenvalue weighted by Crippen LogP contribution is -2.42. The molecular weight excluding hydrogens is 368 g/mol. The van der Waals surface area contributed by atoms with Gasteiger partial charge < -0.3 is 19.4 Å². The third kappa shape index (κ3) is 4.32. The van der Waals surface area contributed by atoms with Crippen molar-refractivity contribution < 1.29 is 14.3 Å². The topological polar surface area (TPSA) is 71.6 Å². The van der Waals surface area contributed by atoms with Gasteiger partial charge >= 0.3 is 0 Å². The van der Waals surface area contributed by atoms with Gasteiger partial charge in [0, 0.05) is 29.4 Å². The van der Waals surface area contributed by atoms with Gasteiger partial charge in [-0.25, -0.2) is 0 Å². The molecule has 0 saturated carbocycles. The smallest absolute Gasteiger partial charge is 0.251 e. The zero-order valence-electron chi connectivity index (χ0n) is 16.4. The SMILES string of the molecule is COc1ccc2[nH]c(=O)c(CCC(=O)N3CCOC(c4ccccc4)C3)cc2c1. The second kappa shape index (κ2) is 8.49. The summed E-state index contributed by atoms with van der Waals surface area (Å²) in [5.41, 5.74) is 2.28. The number of hydrogen-bond donors (Lipinski definition) is 1. The summed E-state index contributed by atoms with van der Waals surface area (Å²) >= 11 is 0. The molecule has 4 rings (SSSR count). The van der Waals surface area contributed by atoms with Gasteiger partial charge in [-0.3, -0.25) is 9.59 Å². The van der Waals surface area contributed by atoms with E-state index >= 15 is 0 Å². The van der Waals surface area contributed by atoms with Crippen LogP contribution in [0.5, 0.6) is 5.75 Å². The second-order valence-corrected chi connectivity index (χ2v) is 7.19. The first-order chi connectivity index (χ1) is 14.1. The van der Waals surface area contributed by atoms with Crippen LogP contribution in [0, 0.1) is 0 Å². The maximum atomic E-state index is 12.8. The highest BCUT2D eigenvalue weighted by Gasteiger charge is 2.25. The van der Waals surface area contributed by atoms with Crippen LogP contribution >= 0.6 is 0 Å². The van der Waals surface area contributed by atoms with Crippen molar-refractivity contribution in [1.29, 1.82) is 0 Å². The summed E-state index contributed by atoms with van der Waals surface area (Å²) < 4.78 is 11.1. The first-order valence-electron chi connectivity index (χ1n) is 9.78. The first kappa shape index (κ1) is 19.2. The van der Waals surface area contributed by atoms with Crippen LogP contribution < -0.4 is 10.3 Å². The van der Waals surface area contributed by atoms with Crippen molar-refractivity contribution in [2.75, 3.05) is 26.8 Å². The molecule has 2 aromatic carbocycles. The second-order valence-electron chi connectivity index (χ2n) is 7.19. The molecule has 0 spiro atoms. The van der Waals surface area contributed by atoms with Gasteiger partial charge in [-0.05, 0) is 36.2 Å². The molecule has 1 aromatic heterocycles. The van der Waals surface area contributed by atoms with Crippen LogP contribution in [0.3, 0.4) is 0 Å². The molecule has 150 valence electrons. The molecule has 1 N–H and O–H groups in total. The van der Waals surface area contributed by atoms with Crippen molar-refractivity contribution in [3.05, 3.63) is 76.1 Å². The van der Waals surface area contributed by atoms with Crippen molar-refractivity contribution in [2.24, 2.45) is 0 Å². The van der Waals surface area contributed by atoms with Crippen LogP contribution in [-0.4, -0.2) is 42.6 Å². The number of rotatable bonds is 5. The minimum absolute atomic E-state index is 0.0411. The number of aromatic amines is 1. The van der Waals surface area contributed by atoms with Crippen molar-refractivity contribution in [3.63, 3.8) is 0 Å². The maximum Gasteiger partial charge on any atom is 0.251 e. The van der Waals surface area contributed by atoms with E-state index in [4.69, 9.17) is 9.47 Å². The van der Waals surface area contributed by atoms with E-state index in [0.29, 0.717) is 38.1 Å². The summed E-state index contributed by atoms with van der Waals surface area (Å²) in [6, 6.07) is 17.3. The molecule has 2 heterocycles. The number of carbonyl (C=O) groups is 1. The molecule has 1 amide bonds. The van der Waals surface area contributed by atoms with E-state index in [1.165, 1.54) is 0 Å². The van der Waals surface area contributed by atoms with E-state index < -0.39 is 0 Å². The monoisotopic (exact) mass is 392 g/mol. The Morgan fingerprint density at radius 2 is 2.03 bits per heavy atom. The molecule has 6 heteroatoms. The number of hydrogen-bond acceptors (Lipinski definition) is 4. The number of aromatic nitrogens is 1. The summed E-state index contributed by atoms with van der Waals surface area (Å²) in [4.78, 5) is 29.9. The van der Waals surface area contributed by atoms with Crippen LogP contribution in [-0.2, 0) is 16.0 Å². The number of fused-ring (bicyclic) bond motifs is 1. The third-order valence-corrected chi connectivity index (χ3v) is 5.33. The number of H-pyrrole nitrogens is 1. The minimum Gasteiger partial charge on any atom is -0.497 e. The largest absolute Gasteiger partial charge is 0.497 e. The predicted octanol–water partition coefficient (Wildman–Crippen LogP) is 3.07. The lowest BCUT2D eigenvalue weighted by molar-refractivity contribution is -0.139. The molecule has 1 saturated heterocycles. The van der Waals surface area contributed by atoms with Gasteiger partial charge in [-0.15, -0.1) is 0 Å². The maximum absolute atomic E-state index is 12.8. The van der Waals surface area contributed by atoms with Gasteiger partial charge in [0.25, 0.3) is 5.56 Å². The Kier molecular flexibility index (Phi) is 5.62. The number of nitrogens with one attached hydrogen (secondary N) is 1. The Morgan fingerprint density at radius 1 is 1.21 bits per heavy atom. The van der Waals surface area contributed by atoms with Gasteiger partial charge in [0.1, 0.15) is 11.9 Å². The molecule has 6 nitrogen and oxygen atoms in total.